The summed E-state index contributed by atoms with van der Waals surface area (Å²) >= 11 is 1.28. The maximum absolute atomic E-state index is 12.1. The third-order valence-corrected chi connectivity index (χ3v) is 4.50. The predicted octanol–water partition coefficient (Wildman–Crippen LogP) is 2.63. The molecule has 0 aromatic heterocycles. The third-order valence-electron chi connectivity index (χ3n) is 3.72. The molecule has 2 rings (SSSR count). The molecular weight excluding hydrogens is 332 g/mol. The van der Waals surface area contributed by atoms with Gasteiger partial charge in [-0.25, -0.2) is 0 Å². The van der Waals surface area contributed by atoms with E-state index in [1.807, 2.05) is 0 Å². The second-order valence-electron chi connectivity index (χ2n) is 5.46. The molecule has 7 nitrogen and oxygen atoms in total. The van der Waals surface area contributed by atoms with Crippen LogP contribution in [0.25, 0.3) is 0 Å². The highest BCUT2D eigenvalue weighted by Crippen LogP contribution is 2.28. The zero-order chi connectivity index (χ0) is 17.4. The molecule has 1 atom stereocenters. The molecule has 0 bridgehead atoms. The normalized spacial score (nSPS) is 17.0. The van der Waals surface area contributed by atoms with Crippen LogP contribution in [-0.2, 0) is 9.47 Å². The third kappa shape index (κ3) is 5.47. The number of nitrogens with zero attached hydrogens (tertiary/aromatic N) is 1. The Hall–Kier alpha value is -1.64. The van der Waals surface area contributed by atoms with Gasteiger partial charge >= 0.3 is 0 Å². The minimum atomic E-state index is -0.471. The Morgan fingerprint density at radius 3 is 3.04 bits per heavy atom. The van der Waals surface area contributed by atoms with Crippen LogP contribution < -0.4 is 5.32 Å². The van der Waals surface area contributed by atoms with Gasteiger partial charge in [0.2, 0.25) is 0 Å². The number of carbonyl (C=O) groups excluding carboxylic acids is 1. The summed E-state index contributed by atoms with van der Waals surface area (Å²) in [6.07, 6.45) is 4.78. The van der Waals surface area contributed by atoms with Gasteiger partial charge in [0.1, 0.15) is 0 Å². The van der Waals surface area contributed by atoms with Crippen molar-refractivity contribution in [3.8, 4) is 0 Å². The molecule has 1 heterocycles. The van der Waals surface area contributed by atoms with E-state index in [2.05, 4.69) is 5.32 Å². The van der Waals surface area contributed by atoms with Crippen molar-refractivity contribution in [2.24, 2.45) is 0 Å². The fraction of sp³-hybridized carbons (Fsp3) is 0.562. The zero-order valence-corrected chi connectivity index (χ0v) is 14.5. The van der Waals surface area contributed by atoms with Crippen molar-refractivity contribution < 1.29 is 19.2 Å². The number of nitro benzene ring substituents is 1. The molecule has 0 spiro atoms. The lowest BCUT2D eigenvalue weighted by atomic mass is 10.2. The lowest BCUT2D eigenvalue weighted by molar-refractivity contribution is -0.387. The van der Waals surface area contributed by atoms with Gasteiger partial charge in [-0.15, -0.1) is 11.8 Å². The fourth-order valence-corrected chi connectivity index (χ4v) is 2.99. The molecule has 1 aromatic rings. The standard InChI is InChI=1S/C16H22N2O5S/c1-24-15-6-5-12(10-14(15)18(20)21)16(19)17-7-3-8-22-11-13-4-2-9-23-13/h5-6,10,13H,2-4,7-9,11H2,1H3,(H,17,19)/t13-/m1/s1. The van der Waals surface area contributed by atoms with Crippen LogP contribution in [0.15, 0.2) is 23.1 Å². The Morgan fingerprint density at radius 2 is 2.38 bits per heavy atom. The van der Waals surface area contributed by atoms with Gasteiger partial charge in [0, 0.05) is 31.4 Å². The summed E-state index contributed by atoms with van der Waals surface area (Å²) in [6.45, 7) is 2.41. The molecule has 0 unspecified atom stereocenters. The molecule has 1 fully saturated rings. The van der Waals surface area contributed by atoms with E-state index in [9.17, 15) is 14.9 Å². The first kappa shape index (κ1) is 18.7. The van der Waals surface area contributed by atoms with Gasteiger partial charge in [0.05, 0.1) is 22.5 Å². The summed E-state index contributed by atoms with van der Waals surface area (Å²) in [4.78, 5) is 23.2. The van der Waals surface area contributed by atoms with E-state index < -0.39 is 4.92 Å². The molecule has 1 saturated heterocycles. The second kappa shape index (κ2) is 9.61. The summed E-state index contributed by atoms with van der Waals surface area (Å²) in [5.41, 5.74) is 0.245. The zero-order valence-electron chi connectivity index (χ0n) is 13.7. The van der Waals surface area contributed by atoms with Crippen molar-refractivity contribution in [2.45, 2.75) is 30.3 Å². The van der Waals surface area contributed by atoms with Crippen molar-refractivity contribution in [1.82, 2.24) is 5.32 Å². The van der Waals surface area contributed by atoms with Crippen molar-refractivity contribution in [1.29, 1.82) is 0 Å². The fourth-order valence-electron chi connectivity index (χ4n) is 2.44. The van der Waals surface area contributed by atoms with Crippen LogP contribution in [0.4, 0.5) is 5.69 Å². The van der Waals surface area contributed by atoms with E-state index in [0.29, 0.717) is 36.6 Å². The average molecular weight is 354 g/mol. The lowest BCUT2D eigenvalue weighted by Crippen LogP contribution is -2.25. The second-order valence-corrected chi connectivity index (χ2v) is 6.31. The maximum Gasteiger partial charge on any atom is 0.283 e. The number of amides is 1. The first-order valence-corrected chi connectivity index (χ1v) is 9.14. The number of carbonyl (C=O) groups is 1. The number of nitro groups is 1. The predicted molar refractivity (Wildman–Crippen MR) is 91.6 cm³/mol. The molecule has 0 radical (unpaired) electrons. The highest BCUT2D eigenvalue weighted by atomic mass is 32.2. The number of benzene rings is 1. The van der Waals surface area contributed by atoms with Gasteiger partial charge in [0.15, 0.2) is 0 Å². The first-order chi connectivity index (χ1) is 11.6. The van der Waals surface area contributed by atoms with Crippen molar-refractivity contribution >= 4 is 23.4 Å². The molecular formula is C16H22N2O5S. The van der Waals surface area contributed by atoms with Crippen LogP contribution in [0.2, 0.25) is 0 Å². The highest BCUT2D eigenvalue weighted by Gasteiger charge is 2.17. The lowest BCUT2D eigenvalue weighted by Gasteiger charge is -2.10. The molecule has 1 aliphatic heterocycles. The van der Waals surface area contributed by atoms with E-state index in [4.69, 9.17) is 9.47 Å². The van der Waals surface area contributed by atoms with E-state index in [1.165, 1.54) is 17.8 Å². The van der Waals surface area contributed by atoms with Crippen LogP contribution in [0, 0.1) is 10.1 Å². The molecule has 24 heavy (non-hydrogen) atoms. The highest BCUT2D eigenvalue weighted by molar-refractivity contribution is 7.98. The summed E-state index contributed by atoms with van der Waals surface area (Å²) in [7, 11) is 0. The van der Waals surface area contributed by atoms with E-state index in [-0.39, 0.29) is 17.7 Å². The number of thioether (sulfide) groups is 1. The Balaban J connectivity index is 1.72. The Labute approximate surface area is 145 Å². The smallest absolute Gasteiger partial charge is 0.283 e. The Bertz CT molecular complexity index is 576. The number of ether oxygens (including phenoxy) is 2. The number of nitrogens with one attached hydrogen (secondary N) is 1. The van der Waals surface area contributed by atoms with Gasteiger partial charge in [-0.2, -0.15) is 0 Å². The van der Waals surface area contributed by atoms with Gasteiger partial charge < -0.3 is 14.8 Å². The van der Waals surface area contributed by atoms with Crippen LogP contribution in [0.1, 0.15) is 29.6 Å². The minimum Gasteiger partial charge on any atom is -0.379 e. The van der Waals surface area contributed by atoms with Gasteiger partial charge in [-0.05, 0) is 37.7 Å². The summed E-state index contributed by atoms with van der Waals surface area (Å²) in [5.74, 6) is -0.315. The summed E-state index contributed by atoms with van der Waals surface area (Å²) in [5, 5.41) is 13.8. The van der Waals surface area contributed by atoms with E-state index in [0.717, 1.165) is 19.4 Å². The topological polar surface area (TPSA) is 90.7 Å². The van der Waals surface area contributed by atoms with Crippen LogP contribution >= 0.6 is 11.8 Å². The quantitative estimate of drug-likeness (QED) is 0.317. The number of hydrogen-bond acceptors (Lipinski definition) is 6. The summed E-state index contributed by atoms with van der Waals surface area (Å²) < 4.78 is 11.0. The van der Waals surface area contributed by atoms with Crippen molar-refractivity contribution in [2.75, 3.05) is 32.6 Å². The van der Waals surface area contributed by atoms with E-state index in [1.54, 1.807) is 18.4 Å². The molecule has 1 N–H and O–H groups in total. The Morgan fingerprint density at radius 1 is 1.54 bits per heavy atom. The maximum atomic E-state index is 12.1. The summed E-state index contributed by atoms with van der Waals surface area (Å²) in [6, 6.07) is 4.51. The largest absolute Gasteiger partial charge is 0.379 e. The molecule has 0 saturated carbocycles. The van der Waals surface area contributed by atoms with Gasteiger partial charge in [0.25, 0.3) is 11.6 Å². The molecule has 8 heteroatoms. The molecule has 1 aliphatic rings. The van der Waals surface area contributed by atoms with Crippen molar-refractivity contribution in [3.63, 3.8) is 0 Å². The molecule has 1 amide bonds. The Kier molecular flexibility index (Phi) is 7.48. The minimum absolute atomic E-state index is 0.0463. The number of rotatable bonds is 9. The molecule has 132 valence electrons. The van der Waals surface area contributed by atoms with Gasteiger partial charge in [-0.3, -0.25) is 14.9 Å². The number of hydrogen-bond donors (Lipinski definition) is 1. The van der Waals surface area contributed by atoms with Crippen LogP contribution in [0.3, 0.4) is 0 Å². The van der Waals surface area contributed by atoms with Gasteiger partial charge in [-0.1, -0.05) is 0 Å². The molecule has 0 aliphatic carbocycles. The first-order valence-electron chi connectivity index (χ1n) is 7.92. The van der Waals surface area contributed by atoms with E-state index >= 15 is 0 Å². The van der Waals surface area contributed by atoms with Crippen LogP contribution in [0.5, 0.6) is 0 Å². The average Bonchev–Trinajstić information content (AvgIpc) is 3.10. The SMILES string of the molecule is CSc1ccc(C(=O)NCCCOC[C@H]2CCCO2)cc1[N+](=O)[O-]. The monoisotopic (exact) mass is 354 g/mol. The van der Waals surface area contributed by atoms with Crippen molar-refractivity contribution in [3.05, 3.63) is 33.9 Å². The molecule has 1 aromatic carbocycles. The van der Waals surface area contributed by atoms with Crippen LogP contribution in [-0.4, -0.2) is 49.6 Å².